The summed E-state index contributed by atoms with van der Waals surface area (Å²) in [7, 11) is -4.16. The molecule has 1 heterocycles. The van der Waals surface area contributed by atoms with Crippen LogP contribution in [-0.4, -0.2) is 30.5 Å². The van der Waals surface area contributed by atoms with Crippen LogP contribution in [0.1, 0.15) is 27.2 Å². The number of halogens is 3. The SMILES string of the molecule is Cc1cccc(C)c1Cn1nc(-c2ccc(OC(F)(F)F)cc2)cc1C(=O)NS(=O)(=O)c1ccccc1. The van der Waals surface area contributed by atoms with Crippen LogP contribution in [0.15, 0.2) is 83.8 Å². The number of carbonyl (C=O) groups is 1. The van der Waals surface area contributed by atoms with Gasteiger partial charge in [0.25, 0.3) is 15.9 Å². The Morgan fingerprint density at radius 1 is 0.946 bits per heavy atom. The van der Waals surface area contributed by atoms with Crippen molar-refractivity contribution in [2.75, 3.05) is 0 Å². The molecule has 3 aromatic carbocycles. The molecular formula is C26H22F3N3O4S. The normalized spacial score (nSPS) is 11.8. The number of alkyl halides is 3. The fourth-order valence-electron chi connectivity index (χ4n) is 3.77. The molecule has 0 aliphatic heterocycles. The number of rotatable bonds is 7. The van der Waals surface area contributed by atoms with Crippen LogP contribution in [0.2, 0.25) is 0 Å². The lowest BCUT2D eigenvalue weighted by molar-refractivity contribution is -0.274. The molecule has 0 saturated carbocycles. The van der Waals surface area contributed by atoms with Gasteiger partial charge >= 0.3 is 6.36 Å². The zero-order valence-electron chi connectivity index (χ0n) is 19.8. The second-order valence-corrected chi connectivity index (χ2v) is 9.95. The Labute approximate surface area is 211 Å². The smallest absolute Gasteiger partial charge is 0.406 e. The molecule has 1 amide bonds. The highest BCUT2D eigenvalue weighted by Gasteiger charge is 2.31. The molecule has 4 aromatic rings. The number of hydrogen-bond donors (Lipinski definition) is 1. The molecule has 0 saturated heterocycles. The summed E-state index contributed by atoms with van der Waals surface area (Å²) in [5.74, 6) is -1.30. The third-order valence-electron chi connectivity index (χ3n) is 5.63. The highest BCUT2D eigenvalue weighted by atomic mass is 32.2. The van der Waals surface area contributed by atoms with Crippen molar-refractivity contribution < 1.29 is 31.1 Å². The van der Waals surface area contributed by atoms with Crippen molar-refractivity contribution in [1.29, 1.82) is 0 Å². The van der Waals surface area contributed by atoms with Crippen LogP contribution in [0.5, 0.6) is 5.75 Å². The topological polar surface area (TPSA) is 90.3 Å². The highest BCUT2D eigenvalue weighted by Crippen LogP contribution is 2.27. The first-order valence-corrected chi connectivity index (χ1v) is 12.5. The number of aromatic nitrogens is 2. The zero-order chi connectivity index (χ0) is 26.8. The molecule has 0 unspecified atom stereocenters. The number of aryl methyl sites for hydroxylation is 2. The number of nitrogens with one attached hydrogen (secondary N) is 1. The Bertz CT molecular complexity index is 1510. The predicted octanol–water partition coefficient (Wildman–Crippen LogP) is 5.23. The van der Waals surface area contributed by atoms with Crippen LogP contribution in [0.25, 0.3) is 11.3 Å². The van der Waals surface area contributed by atoms with Crippen LogP contribution in [0, 0.1) is 13.8 Å². The summed E-state index contributed by atoms with van der Waals surface area (Å²) in [6, 6.07) is 19.6. The van der Waals surface area contributed by atoms with Crippen molar-refractivity contribution in [2.24, 2.45) is 0 Å². The summed E-state index contributed by atoms with van der Waals surface area (Å²) < 4.78 is 70.4. The van der Waals surface area contributed by atoms with E-state index in [9.17, 15) is 26.4 Å². The van der Waals surface area contributed by atoms with Gasteiger partial charge in [-0.1, -0.05) is 36.4 Å². The van der Waals surface area contributed by atoms with Crippen molar-refractivity contribution in [3.63, 3.8) is 0 Å². The third-order valence-corrected chi connectivity index (χ3v) is 6.98. The zero-order valence-corrected chi connectivity index (χ0v) is 20.6. The van der Waals surface area contributed by atoms with Gasteiger partial charge < -0.3 is 4.74 Å². The summed E-state index contributed by atoms with van der Waals surface area (Å²) >= 11 is 0. The molecule has 192 valence electrons. The average Bonchev–Trinajstić information content (AvgIpc) is 3.25. The van der Waals surface area contributed by atoms with Crippen molar-refractivity contribution in [3.05, 3.63) is 101 Å². The fraction of sp³-hybridized carbons (Fsp3) is 0.154. The first-order valence-electron chi connectivity index (χ1n) is 11.0. The minimum atomic E-state index is -4.83. The molecule has 0 aliphatic carbocycles. The summed E-state index contributed by atoms with van der Waals surface area (Å²) in [5, 5.41) is 4.48. The van der Waals surface area contributed by atoms with E-state index in [2.05, 4.69) is 14.6 Å². The Kier molecular flexibility index (Phi) is 7.08. The summed E-state index contributed by atoms with van der Waals surface area (Å²) in [4.78, 5) is 13.1. The molecule has 0 fully saturated rings. The molecule has 0 spiro atoms. The average molecular weight is 530 g/mol. The minimum absolute atomic E-state index is 0.0345. The Morgan fingerprint density at radius 2 is 1.57 bits per heavy atom. The van der Waals surface area contributed by atoms with Gasteiger partial charge in [-0.15, -0.1) is 13.2 Å². The first kappa shape index (κ1) is 26.0. The largest absolute Gasteiger partial charge is 0.573 e. The first-order chi connectivity index (χ1) is 17.4. The maximum Gasteiger partial charge on any atom is 0.573 e. The van der Waals surface area contributed by atoms with E-state index >= 15 is 0 Å². The molecule has 7 nitrogen and oxygen atoms in total. The van der Waals surface area contributed by atoms with E-state index in [4.69, 9.17) is 0 Å². The molecule has 11 heteroatoms. The second-order valence-electron chi connectivity index (χ2n) is 8.26. The second kappa shape index (κ2) is 10.1. The van der Waals surface area contributed by atoms with Crippen LogP contribution < -0.4 is 9.46 Å². The van der Waals surface area contributed by atoms with Crippen LogP contribution in [0.4, 0.5) is 13.2 Å². The minimum Gasteiger partial charge on any atom is -0.406 e. The van der Waals surface area contributed by atoms with Gasteiger partial charge in [0.1, 0.15) is 11.4 Å². The van der Waals surface area contributed by atoms with Gasteiger partial charge in [0.05, 0.1) is 17.1 Å². The van der Waals surface area contributed by atoms with E-state index < -0.39 is 28.0 Å². The quantitative estimate of drug-likeness (QED) is 0.354. The van der Waals surface area contributed by atoms with Gasteiger partial charge in [-0.2, -0.15) is 5.10 Å². The van der Waals surface area contributed by atoms with Gasteiger partial charge in [-0.05, 0) is 73.0 Å². The van der Waals surface area contributed by atoms with Crippen molar-refractivity contribution >= 4 is 15.9 Å². The molecular weight excluding hydrogens is 507 g/mol. The molecule has 0 aliphatic rings. The van der Waals surface area contributed by atoms with Crippen LogP contribution in [-0.2, 0) is 16.6 Å². The third kappa shape index (κ3) is 6.18. The predicted molar refractivity (Wildman–Crippen MR) is 130 cm³/mol. The van der Waals surface area contributed by atoms with Crippen molar-refractivity contribution in [1.82, 2.24) is 14.5 Å². The number of carbonyl (C=O) groups excluding carboxylic acids is 1. The van der Waals surface area contributed by atoms with E-state index in [0.29, 0.717) is 5.56 Å². The number of amides is 1. The highest BCUT2D eigenvalue weighted by molar-refractivity contribution is 7.90. The fourth-order valence-corrected chi connectivity index (χ4v) is 4.75. The lowest BCUT2D eigenvalue weighted by Crippen LogP contribution is -2.32. The maximum absolute atomic E-state index is 13.2. The molecule has 0 atom stereocenters. The number of benzene rings is 3. The van der Waals surface area contributed by atoms with Gasteiger partial charge in [0, 0.05) is 5.56 Å². The lowest BCUT2D eigenvalue weighted by atomic mass is 10.0. The van der Waals surface area contributed by atoms with E-state index in [-0.39, 0.29) is 22.8 Å². The molecule has 37 heavy (non-hydrogen) atoms. The maximum atomic E-state index is 13.2. The van der Waals surface area contributed by atoms with Gasteiger partial charge in [0.2, 0.25) is 0 Å². The molecule has 1 aromatic heterocycles. The van der Waals surface area contributed by atoms with Crippen LogP contribution in [0.3, 0.4) is 0 Å². The molecule has 1 N–H and O–H groups in total. The molecule has 0 bridgehead atoms. The van der Waals surface area contributed by atoms with Crippen LogP contribution >= 0.6 is 0 Å². The van der Waals surface area contributed by atoms with Gasteiger partial charge in [-0.25, -0.2) is 13.1 Å². The summed E-state index contributed by atoms with van der Waals surface area (Å²) in [5.41, 5.74) is 3.45. The van der Waals surface area contributed by atoms with E-state index in [1.165, 1.54) is 47.1 Å². The number of sulfonamides is 1. The van der Waals surface area contributed by atoms with Crippen molar-refractivity contribution in [3.8, 4) is 17.0 Å². The Morgan fingerprint density at radius 3 is 2.16 bits per heavy atom. The van der Waals surface area contributed by atoms with Crippen molar-refractivity contribution in [2.45, 2.75) is 31.7 Å². The lowest BCUT2D eigenvalue weighted by Gasteiger charge is -2.13. The molecule has 4 rings (SSSR count). The van der Waals surface area contributed by atoms with Gasteiger partial charge in [0.15, 0.2) is 0 Å². The number of ether oxygens (including phenoxy) is 1. The molecule has 0 radical (unpaired) electrons. The number of hydrogen-bond acceptors (Lipinski definition) is 5. The Balaban J connectivity index is 1.72. The van der Waals surface area contributed by atoms with E-state index in [0.717, 1.165) is 28.8 Å². The van der Waals surface area contributed by atoms with E-state index in [1.807, 2.05) is 32.0 Å². The number of nitrogens with zero attached hydrogens (tertiary/aromatic N) is 2. The standard InChI is InChI=1S/C26H22F3N3O4S/c1-17-7-6-8-18(2)22(17)16-32-24(25(33)31-37(34,35)21-9-4-3-5-10-21)15-23(30-32)19-11-13-20(14-12-19)36-26(27,28)29/h3-15H,16H2,1-2H3,(H,31,33). The van der Waals surface area contributed by atoms with Gasteiger partial charge in [-0.3, -0.25) is 9.48 Å². The van der Waals surface area contributed by atoms with E-state index in [1.54, 1.807) is 6.07 Å². The summed E-state index contributed by atoms with van der Waals surface area (Å²) in [6.07, 6.45) is -4.83. The monoisotopic (exact) mass is 529 g/mol. The summed E-state index contributed by atoms with van der Waals surface area (Å²) in [6.45, 7) is 3.99. The Hall–Kier alpha value is -4.12.